The molecule has 3 heterocycles. The molecule has 194 valence electrons. The highest BCUT2D eigenvalue weighted by Crippen LogP contribution is 2.25. The van der Waals surface area contributed by atoms with E-state index in [1.54, 1.807) is 23.5 Å². The number of carbonyl (C=O) groups excluding carboxylic acids is 1. The molecular weight excluding hydrogens is 492 g/mol. The fourth-order valence-corrected chi connectivity index (χ4v) is 5.85. The summed E-state index contributed by atoms with van der Waals surface area (Å²) in [6, 6.07) is 6.83. The van der Waals surface area contributed by atoms with E-state index in [-0.39, 0.29) is 5.91 Å². The third-order valence-corrected chi connectivity index (χ3v) is 7.73. The molecule has 0 unspecified atom stereocenters. The summed E-state index contributed by atoms with van der Waals surface area (Å²) in [6.07, 6.45) is 4.58. The molecule has 0 bridgehead atoms. The molecule has 36 heavy (non-hydrogen) atoms. The molecule has 2 aromatic heterocycles. The van der Waals surface area contributed by atoms with Gasteiger partial charge in [0.05, 0.1) is 23.4 Å². The van der Waals surface area contributed by atoms with Crippen molar-refractivity contribution in [2.75, 3.05) is 26.2 Å². The minimum Gasteiger partial charge on any atom is -0.371 e. The van der Waals surface area contributed by atoms with Gasteiger partial charge >= 0.3 is 0 Å². The Morgan fingerprint density at radius 1 is 1.39 bits per heavy atom. The van der Waals surface area contributed by atoms with Crippen LogP contribution in [0.1, 0.15) is 60.3 Å². The molecule has 1 atom stereocenters. The van der Waals surface area contributed by atoms with Gasteiger partial charge in [0.25, 0.3) is 5.91 Å². The lowest BCUT2D eigenvalue weighted by atomic mass is 10.00. The highest BCUT2D eigenvalue weighted by molar-refractivity contribution is 7.07. The highest BCUT2D eigenvalue weighted by Gasteiger charge is 2.28. The standard InChI is InChI=1S/C27H37ClN6OS/c1-5-30-25(6-11-29)34(17-22-10-15-36-18-22)23-8-13-33(14-9-23)20(3)7-12-31-27(35)26-19(2)16-24(28)32-21(26)4/h6,10,15-16,18,20,23,30H,5,7-9,12-14,17H2,1-4H3,(H,31,35)/t20-/m1/s1. The van der Waals surface area contributed by atoms with Crippen molar-refractivity contribution in [3.8, 4) is 6.07 Å². The van der Waals surface area contributed by atoms with Crippen LogP contribution in [0, 0.1) is 25.2 Å². The summed E-state index contributed by atoms with van der Waals surface area (Å²) in [5.74, 6) is 0.812. The number of nitriles is 1. The van der Waals surface area contributed by atoms with Gasteiger partial charge in [0.2, 0.25) is 0 Å². The molecule has 2 N–H and O–H groups in total. The van der Waals surface area contributed by atoms with E-state index in [2.05, 4.69) is 62.2 Å². The number of thiophene rings is 1. The van der Waals surface area contributed by atoms with Crippen LogP contribution in [0.3, 0.4) is 0 Å². The number of hydrogen-bond donors (Lipinski definition) is 2. The molecule has 3 rings (SSSR count). The number of carbonyl (C=O) groups is 1. The van der Waals surface area contributed by atoms with E-state index >= 15 is 0 Å². The number of amides is 1. The average molecular weight is 529 g/mol. The lowest BCUT2D eigenvalue weighted by Gasteiger charge is -2.42. The largest absolute Gasteiger partial charge is 0.371 e. The highest BCUT2D eigenvalue weighted by atomic mass is 35.5. The average Bonchev–Trinajstić information content (AvgIpc) is 3.35. The number of rotatable bonds is 11. The van der Waals surface area contributed by atoms with Crippen molar-refractivity contribution in [1.29, 1.82) is 5.26 Å². The summed E-state index contributed by atoms with van der Waals surface area (Å²) < 4.78 is 0. The number of piperidine rings is 1. The minimum atomic E-state index is -0.0932. The third-order valence-electron chi connectivity index (χ3n) is 6.81. The van der Waals surface area contributed by atoms with Gasteiger partial charge in [0.15, 0.2) is 0 Å². The normalized spacial score (nSPS) is 15.8. The van der Waals surface area contributed by atoms with E-state index in [1.807, 2.05) is 13.8 Å². The Labute approximate surface area is 224 Å². The number of halogens is 1. The maximum Gasteiger partial charge on any atom is 0.253 e. The molecule has 0 aromatic carbocycles. The van der Waals surface area contributed by atoms with Crippen molar-refractivity contribution >= 4 is 28.8 Å². The van der Waals surface area contributed by atoms with Gasteiger partial charge in [-0.2, -0.15) is 16.6 Å². The summed E-state index contributed by atoms with van der Waals surface area (Å²) >= 11 is 7.70. The summed E-state index contributed by atoms with van der Waals surface area (Å²) in [7, 11) is 0. The second-order valence-electron chi connectivity index (χ2n) is 9.33. The van der Waals surface area contributed by atoms with Crippen LogP contribution in [-0.2, 0) is 6.54 Å². The molecule has 0 aliphatic carbocycles. The zero-order chi connectivity index (χ0) is 26.1. The van der Waals surface area contributed by atoms with Crippen LogP contribution in [0.15, 0.2) is 34.8 Å². The number of aromatic nitrogens is 1. The van der Waals surface area contributed by atoms with Crippen LogP contribution in [-0.4, -0.2) is 59.0 Å². The number of pyridine rings is 1. The molecule has 1 aliphatic rings. The third kappa shape index (κ3) is 7.45. The zero-order valence-corrected chi connectivity index (χ0v) is 23.3. The number of aryl methyl sites for hydroxylation is 2. The van der Waals surface area contributed by atoms with E-state index in [4.69, 9.17) is 11.6 Å². The first-order valence-electron chi connectivity index (χ1n) is 12.6. The van der Waals surface area contributed by atoms with Gasteiger partial charge in [-0.25, -0.2) is 4.98 Å². The lowest BCUT2D eigenvalue weighted by molar-refractivity contribution is 0.0903. The Kier molecular flexibility index (Phi) is 10.6. The van der Waals surface area contributed by atoms with E-state index in [9.17, 15) is 10.1 Å². The molecule has 0 saturated carbocycles. The Morgan fingerprint density at radius 3 is 2.75 bits per heavy atom. The van der Waals surface area contributed by atoms with E-state index in [0.717, 1.165) is 56.8 Å². The van der Waals surface area contributed by atoms with Crippen LogP contribution in [0.2, 0.25) is 5.15 Å². The van der Waals surface area contributed by atoms with Crippen molar-refractivity contribution in [3.63, 3.8) is 0 Å². The van der Waals surface area contributed by atoms with Crippen molar-refractivity contribution in [1.82, 2.24) is 25.4 Å². The van der Waals surface area contributed by atoms with Crippen LogP contribution in [0.5, 0.6) is 0 Å². The fraction of sp³-hybridized carbons (Fsp3) is 0.519. The number of likely N-dealkylation sites (tertiary alicyclic amines) is 1. The molecule has 0 spiro atoms. The predicted octanol–water partition coefficient (Wildman–Crippen LogP) is 4.86. The minimum absolute atomic E-state index is 0.0932. The van der Waals surface area contributed by atoms with E-state index in [1.165, 1.54) is 5.56 Å². The Balaban J connectivity index is 1.53. The Bertz CT molecular complexity index is 1050. The molecule has 7 nitrogen and oxygen atoms in total. The van der Waals surface area contributed by atoms with Gasteiger partial charge in [-0.15, -0.1) is 0 Å². The van der Waals surface area contributed by atoms with Gasteiger partial charge in [-0.1, -0.05) is 11.6 Å². The second kappa shape index (κ2) is 13.6. The SMILES string of the molecule is CCNC(=CC#N)N(Cc1ccsc1)C1CCN([C@H](C)CCNC(=O)c2c(C)cc(Cl)nc2C)CC1. The predicted molar refractivity (Wildman–Crippen MR) is 147 cm³/mol. The Morgan fingerprint density at radius 2 is 2.14 bits per heavy atom. The van der Waals surface area contributed by atoms with Crippen molar-refractivity contribution in [3.05, 3.63) is 62.3 Å². The molecule has 9 heteroatoms. The lowest BCUT2D eigenvalue weighted by Crippen LogP contribution is -2.49. The Hall–Kier alpha value is -2.60. The maximum absolute atomic E-state index is 12.7. The zero-order valence-electron chi connectivity index (χ0n) is 21.7. The number of nitrogens with one attached hydrogen (secondary N) is 2. The second-order valence-corrected chi connectivity index (χ2v) is 10.5. The number of allylic oxidation sites excluding steroid dienone is 1. The molecule has 1 fully saturated rings. The van der Waals surface area contributed by atoms with Crippen molar-refractivity contribution in [2.45, 2.75) is 65.6 Å². The molecule has 2 aromatic rings. The molecule has 1 aliphatic heterocycles. The first kappa shape index (κ1) is 28.0. The van der Waals surface area contributed by atoms with Gasteiger partial charge in [-0.3, -0.25) is 4.79 Å². The summed E-state index contributed by atoms with van der Waals surface area (Å²) in [4.78, 5) is 21.8. The van der Waals surface area contributed by atoms with Crippen LogP contribution < -0.4 is 10.6 Å². The molecule has 1 saturated heterocycles. The first-order valence-corrected chi connectivity index (χ1v) is 13.9. The topological polar surface area (TPSA) is 84.3 Å². The summed E-state index contributed by atoms with van der Waals surface area (Å²) in [6.45, 7) is 12.2. The maximum atomic E-state index is 12.7. The summed E-state index contributed by atoms with van der Waals surface area (Å²) in [5.41, 5.74) is 3.38. The smallest absolute Gasteiger partial charge is 0.253 e. The van der Waals surface area contributed by atoms with Gasteiger partial charge in [-0.05, 0) is 81.0 Å². The van der Waals surface area contributed by atoms with Gasteiger partial charge in [0, 0.05) is 44.8 Å². The molecular formula is C27H37ClN6OS. The number of nitrogens with zero attached hydrogens (tertiary/aromatic N) is 4. The fourth-order valence-electron chi connectivity index (χ4n) is 4.90. The van der Waals surface area contributed by atoms with E-state index < -0.39 is 0 Å². The van der Waals surface area contributed by atoms with Gasteiger partial charge in [0.1, 0.15) is 11.0 Å². The number of hydrogen-bond acceptors (Lipinski definition) is 7. The van der Waals surface area contributed by atoms with Crippen LogP contribution in [0.25, 0.3) is 0 Å². The van der Waals surface area contributed by atoms with Crippen molar-refractivity contribution in [2.24, 2.45) is 0 Å². The first-order chi connectivity index (χ1) is 17.3. The summed E-state index contributed by atoms with van der Waals surface area (Å²) in [5, 5.41) is 20.5. The van der Waals surface area contributed by atoms with Crippen LogP contribution >= 0.6 is 22.9 Å². The van der Waals surface area contributed by atoms with Gasteiger partial charge < -0.3 is 20.4 Å². The van der Waals surface area contributed by atoms with Crippen molar-refractivity contribution < 1.29 is 4.79 Å². The molecule has 0 radical (unpaired) electrons. The quantitative estimate of drug-likeness (QED) is 0.320. The molecule has 1 amide bonds. The van der Waals surface area contributed by atoms with Crippen LogP contribution in [0.4, 0.5) is 0 Å². The van der Waals surface area contributed by atoms with E-state index in [0.29, 0.717) is 35.0 Å². The monoisotopic (exact) mass is 528 g/mol.